The molecule has 4 rings (SSSR count). The molecular formula is C23H13Cl2F2NO3. The molecule has 0 fully saturated rings. The van der Waals surface area contributed by atoms with Crippen molar-refractivity contribution in [2.45, 2.75) is 6.04 Å². The van der Waals surface area contributed by atoms with E-state index in [0.29, 0.717) is 15.6 Å². The molecular weight excluding hydrogens is 447 g/mol. The van der Waals surface area contributed by atoms with Gasteiger partial charge in [-0.2, -0.15) is 0 Å². The minimum Gasteiger partial charge on any atom is -0.503 e. The molecule has 0 saturated heterocycles. The minimum atomic E-state index is -1.17. The molecule has 4 nitrogen and oxygen atoms in total. The molecule has 1 aliphatic rings. The zero-order valence-electron chi connectivity index (χ0n) is 15.7. The third-order valence-corrected chi connectivity index (χ3v) is 5.43. The van der Waals surface area contributed by atoms with Crippen molar-refractivity contribution in [3.05, 3.63) is 111 Å². The molecule has 1 N–H and O–H groups in total. The molecule has 31 heavy (non-hydrogen) atoms. The van der Waals surface area contributed by atoms with Crippen LogP contribution >= 0.6 is 23.2 Å². The Morgan fingerprint density at radius 3 is 2.03 bits per heavy atom. The fourth-order valence-electron chi connectivity index (χ4n) is 3.46. The maximum atomic E-state index is 13.9. The van der Waals surface area contributed by atoms with Crippen LogP contribution in [0.15, 0.2) is 78.1 Å². The van der Waals surface area contributed by atoms with Gasteiger partial charge in [-0.25, -0.2) is 8.78 Å². The van der Waals surface area contributed by atoms with Gasteiger partial charge in [-0.1, -0.05) is 35.3 Å². The lowest BCUT2D eigenvalue weighted by atomic mass is 9.92. The molecule has 0 spiro atoms. The van der Waals surface area contributed by atoms with Crippen molar-refractivity contribution >= 4 is 40.6 Å². The van der Waals surface area contributed by atoms with E-state index in [-0.39, 0.29) is 16.8 Å². The fraction of sp³-hybridized carbons (Fsp3) is 0.0435. The second-order valence-corrected chi connectivity index (χ2v) is 7.70. The lowest BCUT2D eigenvalue weighted by Crippen LogP contribution is -2.31. The number of hydrogen-bond donors (Lipinski definition) is 1. The van der Waals surface area contributed by atoms with E-state index in [1.807, 2.05) is 0 Å². The molecule has 1 atom stereocenters. The van der Waals surface area contributed by atoms with Gasteiger partial charge in [0.25, 0.3) is 5.91 Å². The van der Waals surface area contributed by atoms with Crippen LogP contribution in [-0.2, 0) is 4.79 Å². The summed E-state index contributed by atoms with van der Waals surface area (Å²) in [6.07, 6.45) is 0. The quantitative estimate of drug-likeness (QED) is 0.482. The zero-order valence-corrected chi connectivity index (χ0v) is 17.2. The summed E-state index contributed by atoms with van der Waals surface area (Å²) in [5.74, 6) is -4.55. The standard InChI is InChI=1S/C23H13Cl2F2NO3/c24-14-5-1-12(2-6-14)20-19(21(29)13-3-7-15(25)8-4-13)22(30)23(31)28(20)16-9-10-17(26)18(27)11-16/h1-11,20,30H. The Bertz CT molecular complexity index is 1220. The SMILES string of the molecule is O=C(C1=C(O)C(=O)N(c2ccc(F)c(F)c2)C1c1ccc(Cl)cc1)c1ccc(Cl)cc1. The number of aliphatic hydroxyl groups excluding tert-OH is 1. The molecule has 8 heteroatoms. The summed E-state index contributed by atoms with van der Waals surface area (Å²) in [7, 11) is 0. The maximum absolute atomic E-state index is 13.9. The normalized spacial score (nSPS) is 16.2. The number of amides is 1. The molecule has 0 aliphatic carbocycles. The van der Waals surface area contributed by atoms with E-state index in [2.05, 4.69) is 0 Å². The molecule has 156 valence electrons. The van der Waals surface area contributed by atoms with Gasteiger partial charge in [0.1, 0.15) is 0 Å². The number of ketones is 1. The smallest absolute Gasteiger partial charge is 0.294 e. The molecule has 0 radical (unpaired) electrons. The Balaban J connectivity index is 1.88. The summed E-state index contributed by atoms with van der Waals surface area (Å²) in [5, 5.41) is 11.5. The van der Waals surface area contributed by atoms with Gasteiger partial charge in [-0.05, 0) is 54.1 Å². The van der Waals surface area contributed by atoms with Crippen LogP contribution in [0.3, 0.4) is 0 Å². The van der Waals surface area contributed by atoms with Gasteiger partial charge in [-0.15, -0.1) is 0 Å². The summed E-state index contributed by atoms with van der Waals surface area (Å²) in [6, 6.07) is 14.0. The highest BCUT2D eigenvalue weighted by molar-refractivity contribution is 6.31. The molecule has 3 aromatic carbocycles. The van der Waals surface area contributed by atoms with Gasteiger partial charge in [0, 0.05) is 27.4 Å². The molecule has 1 aliphatic heterocycles. The number of Topliss-reactive ketones (excluding diaryl/α,β-unsaturated/α-hetero) is 1. The van der Waals surface area contributed by atoms with Crippen molar-refractivity contribution in [2.75, 3.05) is 4.90 Å². The first-order chi connectivity index (χ1) is 14.8. The van der Waals surface area contributed by atoms with Crippen LogP contribution in [0.5, 0.6) is 0 Å². The summed E-state index contributed by atoms with van der Waals surface area (Å²) >= 11 is 11.8. The number of carbonyl (C=O) groups is 2. The number of nitrogens with zero attached hydrogens (tertiary/aromatic N) is 1. The van der Waals surface area contributed by atoms with Crippen molar-refractivity contribution in [3.63, 3.8) is 0 Å². The number of anilines is 1. The van der Waals surface area contributed by atoms with Gasteiger partial charge in [0.05, 0.1) is 11.6 Å². The van der Waals surface area contributed by atoms with Crippen LogP contribution in [0, 0.1) is 11.6 Å². The van der Waals surface area contributed by atoms with Gasteiger partial charge in [0.15, 0.2) is 23.2 Å². The Labute approximate surface area is 185 Å². The number of rotatable bonds is 4. The van der Waals surface area contributed by atoms with Crippen molar-refractivity contribution < 1.29 is 23.5 Å². The topological polar surface area (TPSA) is 57.6 Å². The molecule has 0 bridgehead atoms. The molecule has 0 aromatic heterocycles. The largest absolute Gasteiger partial charge is 0.503 e. The molecule has 3 aromatic rings. The van der Waals surface area contributed by atoms with Crippen LogP contribution in [0.4, 0.5) is 14.5 Å². The Kier molecular flexibility index (Phi) is 5.52. The van der Waals surface area contributed by atoms with E-state index in [9.17, 15) is 23.5 Å². The number of hydrogen-bond acceptors (Lipinski definition) is 3. The predicted octanol–water partition coefficient (Wildman–Crippen LogP) is 6.05. The molecule has 1 heterocycles. The van der Waals surface area contributed by atoms with Crippen molar-refractivity contribution in [2.24, 2.45) is 0 Å². The number of aliphatic hydroxyl groups is 1. The highest BCUT2D eigenvalue weighted by Gasteiger charge is 2.44. The number of benzene rings is 3. The third-order valence-electron chi connectivity index (χ3n) is 4.93. The van der Waals surface area contributed by atoms with E-state index in [4.69, 9.17) is 23.2 Å². The van der Waals surface area contributed by atoms with Crippen molar-refractivity contribution in [1.82, 2.24) is 0 Å². The lowest BCUT2D eigenvalue weighted by Gasteiger charge is -2.27. The zero-order chi connectivity index (χ0) is 22.3. The van der Waals surface area contributed by atoms with Crippen molar-refractivity contribution in [3.8, 4) is 0 Å². The second kappa shape index (κ2) is 8.13. The van der Waals surface area contributed by atoms with Gasteiger partial charge >= 0.3 is 0 Å². The summed E-state index contributed by atoms with van der Waals surface area (Å²) in [5.41, 5.74) is 0.433. The van der Waals surface area contributed by atoms with E-state index < -0.39 is 35.1 Å². The fourth-order valence-corrected chi connectivity index (χ4v) is 3.71. The van der Waals surface area contributed by atoms with Crippen molar-refractivity contribution in [1.29, 1.82) is 0 Å². The first kappa shape index (κ1) is 21.0. The summed E-state index contributed by atoms with van der Waals surface area (Å²) < 4.78 is 27.4. The van der Waals surface area contributed by atoms with Crippen LogP contribution < -0.4 is 4.90 Å². The molecule has 1 unspecified atom stereocenters. The second-order valence-electron chi connectivity index (χ2n) is 6.83. The minimum absolute atomic E-state index is 0.0192. The number of carbonyl (C=O) groups excluding carboxylic acids is 2. The average molecular weight is 460 g/mol. The van der Waals surface area contributed by atoms with Crippen LogP contribution in [0.25, 0.3) is 0 Å². The van der Waals surface area contributed by atoms with Crippen LogP contribution in [-0.4, -0.2) is 16.8 Å². The van der Waals surface area contributed by atoms with Crippen LogP contribution in [0.1, 0.15) is 22.0 Å². The number of halogens is 4. The third kappa shape index (κ3) is 3.80. The first-order valence-corrected chi connectivity index (χ1v) is 9.81. The Hall–Kier alpha value is -3.22. The van der Waals surface area contributed by atoms with E-state index in [0.717, 1.165) is 17.0 Å². The predicted molar refractivity (Wildman–Crippen MR) is 113 cm³/mol. The summed E-state index contributed by atoms with van der Waals surface area (Å²) in [6.45, 7) is 0. The molecule has 1 amide bonds. The average Bonchev–Trinajstić information content (AvgIpc) is 3.01. The first-order valence-electron chi connectivity index (χ1n) is 9.05. The van der Waals surface area contributed by atoms with E-state index in [1.165, 1.54) is 30.3 Å². The van der Waals surface area contributed by atoms with Gasteiger partial charge in [-0.3, -0.25) is 14.5 Å². The molecule has 0 saturated carbocycles. The Morgan fingerprint density at radius 2 is 1.45 bits per heavy atom. The van der Waals surface area contributed by atoms with Gasteiger partial charge in [0.2, 0.25) is 0 Å². The summed E-state index contributed by atoms with van der Waals surface area (Å²) in [4.78, 5) is 27.3. The Morgan fingerprint density at radius 1 is 0.871 bits per heavy atom. The highest BCUT2D eigenvalue weighted by atomic mass is 35.5. The maximum Gasteiger partial charge on any atom is 0.294 e. The highest BCUT2D eigenvalue weighted by Crippen LogP contribution is 2.42. The van der Waals surface area contributed by atoms with Gasteiger partial charge < -0.3 is 5.11 Å². The monoisotopic (exact) mass is 459 g/mol. The van der Waals surface area contributed by atoms with E-state index >= 15 is 0 Å². The van der Waals surface area contributed by atoms with Crippen LogP contribution in [0.2, 0.25) is 10.0 Å². The lowest BCUT2D eigenvalue weighted by molar-refractivity contribution is -0.117. The van der Waals surface area contributed by atoms with E-state index in [1.54, 1.807) is 24.3 Å².